The van der Waals surface area contributed by atoms with Crippen LogP contribution in [0.1, 0.15) is 31.9 Å². The first kappa shape index (κ1) is 27.8. The van der Waals surface area contributed by atoms with E-state index in [0.29, 0.717) is 27.2 Å². The summed E-state index contributed by atoms with van der Waals surface area (Å²) in [6.07, 6.45) is -3.55. The van der Waals surface area contributed by atoms with Gasteiger partial charge in [-0.05, 0) is 57.2 Å². The molecule has 5 rings (SSSR count). The number of carbonyl (C=O) groups excluding carboxylic acids is 2. The zero-order valence-corrected chi connectivity index (χ0v) is 23.3. The second-order valence-corrected chi connectivity index (χ2v) is 11.4. The molecular weight excluding hydrogens is 547 g/mol. The zero-order valence-electron chi connectivity index (χ0n) is 22.5. The van der Waals surface area contributed by atoms with Crippen LogP contribution in [0.5, 0.6) is 0 Å². The Labute approximate surface area is 234 Å². The molecule has 12 heteroatoms. The maximum atomic E-state index is 14.5. The second kappa shape index (κ2) is 10.0. The number of halogens is 4. The number of amides is 3. The van der Waals surface area contributed by atoms with Crippen molar-refractivity contribution in [2.75, 3.05) is 43.0 Å². The van der Waals surface area contributed by atoms with Gasteiger partial charge in [0, 0.05) is 61.1 Å². The molecule has 212 valence electrons. The number of carbonyl (C=O) groups is 2. The molecular formula is C28H29ClF3N5O3. The third-order valence-corrected chi connectivity index (χ3v) is 7.08. The van der Waals surface area contributed by atoms with Gasteiger partial charge >= 0.3 is 18.3 Å². The SMILES string of the molecule is CN1Cc2cnc3ccc(Cl)cc3c2N(c2ccc(N3CCN(C(=O)OC(C)(C)C)CC3)c(C(F)(F)F)c2)C1=O. The molecule has 3 aromatic rings. The Balaban J connectivity index is 1.52. The summed E-state index contributed by atoms with van der Waals surface area (Å²) >= 11 is 6.24. The molecule has 2 aromatic carbocycles. The number of fused-ring (bicyclic) bond motifs is 3. The molecule has 0 radical (unpaired) electrons. The molecule has 8 nitrogen and oxygen atoms in total. The Hall–Kier alpha value is -3.73. The molecule has 0 bridgehead atoms. The van der Waals surface area contributed by atoms with Gasteiger partial charge in [0.2, 0.25) is 0 Å². The standard InChI is InChI=1S/C28H29ClF3N5O3/c1-27(2,3)40-26(39)36-11-9-35(10-12-36)23-8-6-19(14-21(23)28(30,31)32)37-24-17(16-34(4)25(37)38)15-33-22-7-5-18(29)13-20(22)24/h5-8,13-15H,9-12,16H2,1-4H3. The minimum Gasteiger partial charge on any atom is -0.444 e. The van der Waals surface area contributed by atoms with Crippen LogP contribution in [0, 0.1) is 0 Å². The van der Waals surface area contributed by atoms with Crippen molar-refractivity contribution < 1.29 is 27.5 Å². The summed E-state index contributed by atoms with van der Waals surface area (Å²) < 4.78 is 48.8. The van der Waals surface area contributed by atoms with Crippen molar-refractivity contribution in [2.45, 2.75) is 39.1 Å². The molecule has 3 heterocycles. The number of hydrogen-bond acceptors (Lipinski definition) is 5. The highest BCUT2D eigenvalue weighted by Gasteiger charge is 2.39. The van der Waals surface area contributed by atoms with Gasteiger partial charge in [-0.15, -0.1) is 0 Å². The van der Waals surface area contributed by atoms with Gasteiger partial charge < -0.3 is 19.4 Å². The molecule has 3 amide bonds. The van der Waals surface area contributed by atoms with Gasteiger partial charge in [-0.3, -0.25) is 9.88 Å². The van der Waals surface area contributed by atoms with E-state index >= 15 is 0 Å². The van der Waals surface area contributed by atoms with Gasteiger partial charge in [-0.2, -0.15) is 13.2 Å². The number of ether oxygens (including phenoxy) is 1. The van der Waals surface area contributed by atoms with Gasteiger partial charge in [-0.1, -0.05) is 11.6 Å². The lowest BCUT2D eigenvalue weighted by molar-refractivity contribution is -0.137. The smallest absolute Gasteiger partial charge is 0.418 e. The third-order valence-electron chi connectivity index (χ3n) is 6.84. The van der Waals surface area contributed by atoms with Gasteiger partial charge in [0.05, 0.1) is 29.0 Å². The fourth-order valence-electron chi connectivity index (χ4n) is 5.02. The van der Waals surface area contributed by atoms with Crippen molar-refractivity contribution in [3.63, 3.8) is 0 Å². The highest BCUT2D eigenvalue weighted by atomic mass is 35.5. The fourth-order valence-corrected chi connectivity index (χ4v) is 5.20. The van der Waals surface area contributed by atoms with Crippen LogP contribution in [0.4, 0.5) is 39.8 Å². The van der Waals surface area contributed by atoms with E-state index in [9.17, 15) is 22.8 Å². The summed E-state index contributed by atoms with van der Waals surface area (Å²) in [7, 11) is 1.59. The summed E-state index contributed by atoms with van der Waals surface area (Å²) in [5.41, 5.74) is 0.249. The van der Waals surface area contributed by atoms with Crippen molar-refractivity contribution in [3.8, 4) is 0 Å². The quantitative estimate of drug-likeness (QED) is 0.341. The molecule has 1 saturated heterocycles. The molecule has 0 unspecified atom stereocenters. The summed E-state index contributed by atoms with van der Waals surface area (Å²) in [5, 5.41) is 0.994. The average Bonchev–Trinajstić information content (AvgIpc) is 2.88. The Bertz CT molecular complexity index is 1480. The van der Waals surface area contributed by atoms with Gasteiger partial charge in [-0.25, -0.2) is 9.59 Å². The number of rotatable bonds is 2. The predicted molar refractivity (Wildman–Crippen MR) is 147 cm³/mol. The van der Waals surface area contributed by atoms with E-state index < -0.39 is 29.5 Å². The molecule has 0 spiro atoms. The van der Waals surface area contributed by atoms with Crippen LogP contribution in [-0.2, 0) is 17.5 Å². The molecule has 1 fully saturated rings. The summed E-state index contributed by atoms with van der Waals surface area (Å²) in [6.45, 7) is 6.37. The van der Waals surface area contributed by atoms with Crippen LogP contribution in [-0.4, -0.2) is 65.7 Å². The predicted octanol–water partition coefficient (Wildman–Crippen LogP) is 6.67. The fraction of sp³-hybridized carbons (Fsp3) is 0.393. The van der Waals surface area contributed by atoms with Crippen LogP contribution in [0.3, 0.4) is 0 Å². The minimum absolute atomic E-state index is 0.0132. The number of anilines is 3. The molecule has 0 atom stereocenters. The van der Waals surface area contributed by atoms with E-state index in [4.69, 9.17) is 16.3 Å². The average molecular weight is 576 g/mol. The molecule has 40 heavy (non-hydrogen) atoms. The summed E-state index contributed by atoms with van der Waals surface area (Å²) in [5.74, 6) is 0. The first-order valence-electron chi connectivity index (χ1n) is 12.8. The van der Waals surface area contributed by atoms with Crippen molar-refractivity contribution in [2.24, 2.45) is 0 Å². The monoisotopic (exact) mass is 575 g/mol. The molecule has 1 aromatic heterocycles. The van der Waals surface area contributed by atoms with Crippen LogP contribution in [0.15, 0.2) is 42.6 Å². The first-order valence-corrected chi connectivity index (χ1v) is 13.2. The number of urea groups is 1. The molecule has 0 saturated carbocycles. The lowest BCUT2D eigenvalue weighted by Gasteiger charge is -2.38. The lowest BCUT2D eigenvalue weighted by Crippen LogP contribution is -2.50. The van der Waals surface area contributed by atoms with Crippen molar-refractivity contribution in [1.82, 2.24) is 14.8 Å². The highest BCUT2D eigenvalue weighted by molar-refractivity contribution is 6.31. The number of benzene rings is 2. The number of hydrogen-bond donors (Lipinski definition) is 0. The number of nitrogens with zero attached hydrogens (tertiary/aromatic N) is 5. The van der Waals surface area contributed by atoms with E-state index in [1.54, 1.807) is 57.1 Å². The highest BCUT2D eigenvalue weighted by Crippen LogP contribution is 2.44. The zero-order chi connectivity index (χ0) is 29.0. The number of piperazine rings is 1. The molecule has 0 N–H and O–H groups in total. The number of aromatic nitrogens is 1. The van der Waals surface area contributed by atoms with Crippen LogP contribution in [0.2, 0.25) is 5.02 Å². The van der Waals surface area contributed by atoms with Crippen molar-refractivity contribution in [3.05, 3.63) is 58.7 Å². The normalized spacial score (nSPS) is 16.4. The number of alkyl halides is 3. The Kier molecular flexibility index (Phi) is 6.98. The van der Waals surface area contributed by atoms with E-state index in [1.807, 2.05) is 0 Å². The molecule has 2 aliphatic heterocycles. The third kappa shape index (κ3) is 5.34. The number of pyridine rings is 1. The maximum absolute atomic E-state index is 14.5. The van der Waals surface area contributed by atoms with Crippen LogP contribution in [0.25, 0.3) is 10.9 Å². The summed E-state index contributed by atoms with van der Waals surface area (Å²) in [6, 6.07) is 8.49. The maximum Gasteiger partial charge on any atom is 0.418 e. The van der Waals surface area contributed by atoms with Gasteiger partial charge in [0.15, 0.2) is 0 Å². The summed E-state index contributed by atoms with van der Waals surface area (Å²) in [4.78, 5) is 36.1. The van der Waals surface area contributed by atoms with Crippen molar-refractivity contribution in [1.29, 1.82) is 0 Å². The van der Waals surface area contributed by atoms with Crippen LogP contribution >= 0.6 is 11.6 Å². The Morgan fingerprint density at radius 3 is 2.38 bits per heavy atom. The van der Waals surface area contributed by atoms with Crippen molar-refractivity contribution >= 4 is 51.7 Å². The minimum atomic E-state index is -4.69. The van der Waals surface area contributed by atoms with E-state index in [-0.39, 0.29) is 44.1 Å². The second-order valence-electron chi connectivity index (χ2n) is 10.9. The van der Waals surface area contributed by atoms with Gasteiger partial charge in [0.25, 0.3) is 0 Å². The molecule has 0 aliphatic carbocycles. The van der Waals surface area contributed by atoms with E-state index in [1.165, 1.54) is 26.8 Å². The topological polar surface area (TPSA) is 69.2 Å². The first-order chi connectivity index (χ1) is 18.7. The van der Waals surface area contributed by atoms with E-state index in [2.05, 4.69) is 4.98 Å². The largest absolute Gasteiger partial charge is 0.444 e. The van der Waals surface area contributed by atoms with Crippen LogP contribution < -0.4 is 9.80 Å². The van der Waals surface area contributed by atoms with E-state index in [0.717, 1.165) is 6.07 Å². The lowest BCUT2D eigenvalue weighted by atomic mass is 10.0. The van der Waals surface area contributed by atoms with Gasteiger partial charge in [0.1, 0.15) is 5.60 Å². The Morgan fingerprint density at radius 2 is 1.73 bits per heavy atom. The Morgan fingerprint density at radius 1 is 1.02 bits per heavy atom. The molecule has 2 aliphatic rings.